The standard InChI is InChI=1S/C30H36O2P2/c1-17(2)21-11-9-12-22(18(3)4)27(21)33(31)25-15-16-26(33)30-29(25)34(30,32)28-23(19(5)6)13-10-14-24(28)20(7)8/h9-20H,1-8H3. The first kappa shape index (κ1) is 23.8. The molecular weight excluding hydrogens is 454 g/mol. The van der Waals surface area contributed by atoms with Crippen molar-refractivity contribution in [2.24, 2.45) is 0 Å². The van der Waals surface area contributed by atoms with Crippen LogP contribution in [0.2, 0.25) is 0 Å². The summed E-state index contributed by atoms with van der Waals surface area (Å²) in [5.74, 6) is 1.11. The molecule has 3 aliphatic rings. The predicted molar refractivity (Wildman–Crippen MR) is 147 cm³/mol. The maximum Gasteiger partial charge on any atom is 0.174 e. The van der Waals surface area contributed by atoms with Gasteiger partial charge >= 0.3 is 0 Å². The fourth-order valence-electron chi connectivity index (χ4n) is 5.97. The molecule has 2 bridgehead atoms. The molecule has 3 aliphatic heterocycles. The van der Waals surface area contributed by atoms with Gasteiger partial charge in [0.15, 0.2) is 14.3 Å². The smallest absolute Gasteiger partial charge is 0.174 e. The molecule has 0 radical (unpaired) electrons. The first-order chi connectivity index (χ1) is 16.0. The number of rotatable bonds is 6. The van der Waals surface area contributed by atoms with Crippen LogP contribution in [0.3, 0.4) is 0 Å². The van der Waals surface area contributed by atoms with Gasteiger partial charge < -0.3 is 9.13 Å². The number of fused-ring (bicyclic) bond motifs is 4. The molecule has 0 spiro atoms. The maximum atomic E-state index is 15.1. The average molecular weight is 491 g/mol. The van der Waals surface area contributed by atoms with Crippen LogP contribution in [-0.4, -0.2) is 0 Å². The van der Waals surface area contributed by atoms with Crippen molar-refractivity contribution < 1.29 is 9.13 Å². The maximum absolute atomic E-state index is 15.1. The van der Waals surface area contributed by atoms with Crippen LogP contribution in [0, 0.1) is 0 Å². The zero-order valence-corrected chi connectivity index (χ0v) is 23.4. The highest BCUT2D eigenvalue weighted by Crippen LogP contribution is 2.96. The van der Waals surface area contributed by atoms with Gasteiger partial charge in [0.2, 0.25) is 0 Å². The van der Waals surface area contributed by atoms with Gasteiger partial charge in [-0.15, -0.1) is 0 Å². The van der Waals surface area contributed by atoms with Gasteiger partial charge in [0.25, 0.3) is 0 Å². The first-order valence-corrected chi connectivity index (χ1v) is 16.0. The van der Waals surface area contributed by atoms with E-state index in [9.17, 15) is 4.57 Å². The van der Waals surface area contributed by atoms with Crippen molar-refractivity contribution in [1.82, 2.24) is 0 Å². The second-order valence-corrected chi connectivity index (χ2v) is 16.4. The van der Waals surface area contributed by atoms with E-state index in [4.69, 9.17) is 0 Å². The summed E-state index contributed by atoms with van der Waals surface area (Å²) in [6.07, 6.45) is 4.03. The number of benzene rings is 2. The lowest BCUT2D eigenvalue weighted by atomic mass is 9.95. The molecule has 0 amide bonds. The van der Waals surface area contributed by atoms with E-state index in [1.807, 2.05) is 12.2 Å². The van der Waals surface area contributed by atoms with E-state index in [0.717, 1.165) is 43.0 Å². The summed E-state index contributed by atoms with van der Waals surface area (Å²) < 4.78 is 30.0. The first-order valence-electron chi connectivity index (χ1n) is 12.6. The Bertz CT molecular complexity index is 1320. The van der Waals surface area contributed by atoms with Gasteiger partial charge in [0, 0.05) is 31.9 Å². The van der Waals surface area contributed by atoms with Crippen LogP contribution in [-0.2, 0) is 9.13 Å². The Labute approximate surface area is 205 Å². The molecule has 0 saturated heterocycles. The lowest BCUT2D eigenvalue weighted by Crippen LogP contribution is -2.21. The molecule has 2 aromatic carbocycles. The molecule has 2 aromatic rings. The Hall–Kier alpha value is -1.88. The van der Waals surface area contributed by atoms with Crippen molar-refractivity contribution in [1.29, 1.82) is 0 Å². The predicted octanol–water partition coefficient (Wildman–Crippen LogP) is 8.88. The molecule has 0 N–H and O–H groups in total. The fraction of sp³-hybridized carbons (Fsp3) is 0.400. The number of hydrogen-bond acceptors (Lipinski definition) is 2. The topological polar surface area (TPSA) is 34.1 Å². The Morgan fingerprint density at radius 2 is 0.794 bits per heavy atom. The van der Waals surface area contributed by atoms with E-state index in [2.05, 4.69) is 91.8 Å². The van der Waals surface area contributed by atoms with Crippen LogP contribution in [0.25, 0.3) is 0 Å². The van der Waals surface area contributed by atoms with Gasteiger partial charge in [0.1, 0.15) is 0 Å². The summed E-state index contributed by atoms with van der Waals surface area (Å²) in [6.45, 7) is 17.4. The van der Waals surface area contributed by atoms with Gasteiger partial charge in [-0.3, -0.25) is 0 Å². The van der Waals surface area contributed by atoms with Gasteiger partial charge in [0.05, 0.1) is 0 Å². The molecule has 0 saturated carbocycles. The van der Waals surface area contributed by atoms with E-state index in [1.165, 1.54) is 11.1 Å². The normalized spacial score (nSPS) is 19.4. The molecule has 0 aromatic heterocycles. The molecule has 0 atom stereocenters. The third kappa shape index (κ3) is 2.95. The van der Waals surface area contributed by atoms with E-state index >= 15 is 4.57 Å². The van der Waals surface area contributed by atoms with E-state index in [-0.39, 0.29) is 23.7 Å². The fourth-order valence-corrected chi connectivity index (χ4v) is 15.0. The van der Waals surface area contributed by atoms with Crippen molar-refractivity contribution >= 4 is 24.9 Å². The Morgan fingerprint density at radius 3 is 1.09 bits per heavy atom. The molecule has 178 valence electrons. The summed E-state index contributed by atoms with van der Waals surface area (Å²) >= 11 is 0. The minimum Gasteiger partial charge on any atom is -0.309 e. The molecule has 0 aliphatic carbocycles. The highest BCUT2D eigenvalue weighted by Gasteiger charge is 2.68. The van der Waals surface area contributed by atoms with Gasteiger partial charge in [-0.2, -0.15) is 0 Å². The van der Waals surface area contributed by atoms with Crippen LogP contribution in [0.4, 0.5) is 0 Å². The van der Waals surface area contributed by atoms with Crippen molar-refractivity contribution in [3.8, 4) is 0 Å². The lowest BCUT2D eigenvalue weighted by molar-refractivity contribution is 0.586. The van der Waals surface area contributed by atoms with Gasteiger partial charge in [-0.1, -0.05) is 91.8 Å². The van der Waals surface area contributed by atoms with Crippen LogP contribution in [0.5, 0.6) is 0 Å². The van der Waals surface area contributed by atoms with Gasteiger partial charge in [-0.25, -0.2) is 0 Å². The SMILES string of the molecule is CC(C)c1cccc(C(C)C)c1P1(=O)C2=CC=C1C1=C2P1(=O)c1c(C(C)C)cccc1C(C)C. The van der Waals surface area contributed by atoms with Crippen molar-refractivity contribution in [2.45, 2.75) is 79.1 Å². The molecule has 2 nitrogen and oxygen atoms in total. The Morgan fingerprint density at radius 1 is 0.500 bits per heavy atom. The summed E-state index contributed by atoms with van der Waals surface area (Å²) in [7, 11) is -5.85. The van der Waals surface area contributed by atoms with E-state index in [0.29, 0.717) is 0 Å². The quantitative estimate of drug-likeness (QED) is 0.379. The van der Waals surface area contributed by atoms with E-state index < -0.39 is 14.3 Å². The number of hydrogen-bond donors (Lipinski definition) is 0. The van der Waals surface area contributed by atoms with Crippen molar-refractivity contribution in [3.63, 3.8) is 0 Å². The summed E-state index contributed by atoms with van der Waals surface area (Å²) in [5, 5.41) is 5.56. The zero-order chi connectivity index (χ0) is 24.7. The lowest BCUT2D eigenvalue weighted by Gasteiger charge is -2.29. The van der Waals surface area contributed by atoms with Crippen LogP contribution in [0.15, 0.2) is 69.8 Å². The molecule has 0 unspecified atom stereocenters. The van der Waals surface area contributed by atoms with Crippen LogP contribution < -0.4 is 10.6 Å². The molecule has 0 fully saturated rings. The highest BCUT2D eigenvalue weighted by atomic mass is 31.2. The summed E-state index contributed by atoms with van der Waals surface area (Å²) in [4.78, 5) is 0. The molecule has 4 heteroatoms. The third-order valence-electron chi connectivity index (χ3n) is 7.68. The van der Waals surface area contributed by atoms with Crippen LogP contribution >= 0.6 is 14.3 Å². The zero-order valence-electron chi connectivity index (χ0n) is 21.6. The van der Waals surface area contributed by atoms with Crippen molar-refractivity contribution in [2.75, 3.05) is 0 Å². The van der Waals surface area contributed by atoms with E-state index in [1.54, 1.807) is 0 Å². The second kappa shape index (κ2) is 7.81. The summed E-state index contributed by atoms with van der Waals surface area (Å²) in [6, 6.07) is 12.7. The largest absolute Gasteiger partial charge is 0.309 e. The molecule has 34 heavy (non-hydrogen) atoms. The number of allylic oxidation sites excluding steroid dienone is 6. The van der Waals surface area contributed by atoms with Gasteiger partial charge in [-0.05, 0) is 58.1 Å². The second-order valence-electron chi connectivity index (χ2n) is 11.2. The van der Waals surface area contributed by atoms with Crippen molar-refractivity contribution in [3.05, 3.63) is 92.1 Å². The Kier molecular flexibility index (Phi) is 5.48. The minimum absolute atomic E-state index is 0.271. The summed E-state index contributed by atoms with van der Waals surface area (Å²) in [5.41, 5.74) is 4.67. The third-order valence-corrected chi connectivity index (χ3v) is 14.4. The highest BCUT2D eigenvalue weighted by molar-refractivity contribution is 7.95. The van der Waals surface area contributed by atoms with Crippen LogP contribution in [0.1, 0.15) is 101 Å². The monoisotopic (exact) mass is 490 g/mol. The molecule has 3 heterocycles. The minimum atomic E-state index is -2.98. The molecule has 5 rings (SSSR count). The Balaban J connectivity index is 1.69. The molecular formula is C30H36O2P2. The average Bonchev–Trinajstić information content (AvgIpc) is 3.17.